The molecule has 0 aliphatic rings. The minimum Gasteiger partial charge on any atom is -0.463 e. The molecule has 0 saturated heterocycles. The molecule has 0 spiro atoms. The number of benzene rings is 1. The van der Waals surface area contributed by atoms with Crippen molar-refractivity contribution in [2.75, 3.05) is 7.11 Å². The van der Waals surface area contributed by atoms with Crippen molar-refractivity contribution < 1.29 is 23.1 Å². The quantitative estimate of drug-likeness (QED) is 0.786. The number of ether oxygens (including phenoxy) is 2. The smallest absolute Gasteiger partial charge is 0.373 e. The number of hydrogen-bond acceptors (Lipinski definition) is 4. The first-order valence-corrected chi connectivity index (χ1v) is 6.15. The summed E-state index contributed by atoms with van der Waals surface area (Å²) in [7, 11) is 1.28. The second kappa shape index (κ2) is 6.34. The maximum absolute atomic E-state index is 13.4. The van der Waals surface area contributed by atoms with E-state index in [2.05, 4.69) is 4.74 Å². The minimum absolute atomic E-state index is 0.115. The molecular formula is C15H15FO4. The van der Waals surface area contributed by atoms with Gasteiger partial charge in [-0.25, -0.2) is 9.18 Å². The van der Waals surface area contributed by atoms with Gasteiger partial charge in [0.15, 0.2) is 0 Å². The van der Waals surface area contributed by atoms with Crippen LogP contribution in [0.1, 0.15) is 34.9 Å². The van der Waals surface area contributed by atoms with Crippen molar-refractivity contribution in [2.45, 2.75) is 19.6 Å². The molecule has 5 heteroatoms. The van der Waals surface area contributed by atoms with Gasteiger partial charge in [0.2, 0.25) is 5.76 Å². The van der Waals surface area contributed by atoms with Crippen LogP contribution in [0.2, 0.25) is 0 Å². The van der Waals surface area contributed by atoms with Gasteiger partial charge in [-0.2, -0.15) is 0 Å². The van der Waals surface area contributed by atoms with Crippen LogP contribution in [0.25, 0.3) is 0 Å². The highest BCUT2D eigenvalue weighted by atomic mass is 19.1. The summed E-state index contributed by atoms with van der Waals surface area (Å²) in [5.41, 5.74) is 0.471. The van der Waals surface area contributed by atoms with E-state index in [1.165, 1.54) is 19.2 Å². The van der Waals surface area contributed by atoms with E-state index in [-0.39, 0.29) is 18.2 Å². The first-order valence-electron chi connectivity index (χ1n) is 6.15. The molecule has 1 heterocycles. The lowest BCUT2D eigenvalue weighted by molar-refractivity contribution is 0.0338. The molecule has 4 nitrogen and oxygen atoms in total. The van der Waals surface area contributed by atoms with Crippen LogP contribution in [0.5, 0.6) is 0 Å². The highest BCUT2D eigenvalue weighted by molar-refractivity contribution is 5.86. The molecule has 0 fully saturated rings. The molecule has 106 valence electrons. The molecule has 1 aromatic heterocycles. The highest BCUT2D eigenvalue weighted by Crippen LogP contribution is 2.22. The standard InChI is InChI=1S/C15H15FO4/c1-10(13-7-8-14(20-13)15(17)18-2)19-9-11-5-3-4-6-12(11)16/h3-8,10H,9H2,1-2H3. The summed E-state index contributed by atoms with van der Waals surface area (Å²) in [5.74, 6) is -0.252. The Hall–Kier alpha value is -2.14. The Labute approximate surface area is 116 Å². The predicted octanol–water partition coefficient (Wildman–Crippen LogP) is 3.48. The SMILES string of the molecule is COC(=O)c1ccc(C(C)OCc2ccccc2F)o1. The van der Waals surface area contributed by atoms with Crippen molar-refractivity contribution in [3.05, 3.63) is 59.3 Å². The molecule has 2 aromatic rings. The van der Waals surface area contributed by atoms with E-state index >= 15 is 0 Å². The number of rotatable bonds is 5. The van der Waals surface area contributed by atoms with Crippen molar-refractivity contribution in [2.24, 2.45) is 0 Å². The Morgan fingerprint density at radius 1 is 1.30 bits per heavy atom. The number of methoxy groups -OCH3 is 1. The number of halogens is 1. The highest BCUT2D eigenvalue weighted by Gasteiger charge is 2.16. The van der Waals surface area contributed by atoms with Crippen LogP contribution >= 0.6 is 0 Å². The van der Waals surface area contributed by atoms with Crippen molar-refractivity contribution in [3.8, 4) is 0 Å². The summed E-state index contributed by atoms with van der Waals surface area (Å²) in [5, 5.41) is 0. The summed E-state index contributed by atoms with van der Waals surface area (Å²) >= 11 is 0. The largest absolute Gasteiger partial charge is 0.463 e. The summed E-state index contributed by atoms with van der Waals surface area (Å²) in [6, 6.07) is 9.56. The molecule has 0 aliphatic carbocycles. The summed E-state index contributed by atoms with van der Waals surface area (Å²) in [6.07, 6.45) is -0.395. The average molecular weight is 278 g/mol. The Kier molecular flexibility index (Phi) is 4.53. The number of carbonyl (C=O) groups excluding carboxylic acids is 1. The zero-order valence-corrected chi connectivity index (χ0v) is 11.3. The van der Waals surface area contributed by atoms with E-state index in [9.17, 15) is 9.18 Å². The fourth-order valence-corrected chi connectivity index (χ4v) is 1.69. The first kappa shape index (κ1) is 14.3. The maximum Gasteiger partial charge on any atom is 0.373 e. The van der Waals surface area contributed by atoms with Gasteiger partial charge >= 0.3 is 5.97 Å². The van der Waals surface area contributed by atoms with Crippen molar-refractivity contribution in [1.29, 1.82) is 0 Å². The van der Waals surface area contributed by atoms with E-state index in [4.69, 9.17) is 9.15 Å². The van der Waals surface area contributed by atoms with E-state index < -0.39 is 12.1 Å². The van der Waals surface area contributed by atoms with Crippen LogP contribution in [0, 0.1) is 5.82 Å². The Morgan fingerprint density at radius 2 is 2.05 bits per heavy atom. The first-order chi connectivity index (χ1) is 9.61. The lowest BCUT2D eigenvalue weighted by Crippen LogP contribution is -2.02. The molecule has 0 radical (unpaired) electrons. The number of furan rings is 1. The van der Waals surface area contributed by atoms with Gasteiger partial charge in [0.25, 0.3) is 0 Å². The predicted molar refractivity (Wildman–Crippen MR) is 69.7 cm³/mol. The van der Waals surface area contributed by atoms with Crippen LogP contribution in [0.4, 0.5) is 4.39 Å². The summed E-state index contributed by atoms with van der Waals surface area (Å²) in [6.45, 7) is 1.89. The van der Waals surface area contributed by atoms with Gasteiger partial charge in [-0.1, -0.05) is 18.2 Å². The Balaban J connectivity index is 1.98. The van der Waals surface area contributed by atoms with Crippen LogP contribution < -0.4 is 0 Å². The van der Waals surface area contributed by atoms with Crippen LogP contribution in [-0.2, 0) is 16.1 Å². The van der Waals surface area contributed by atoms with E-state index in [1.807, 2.05) is 0 Å². The van der Waals surface area contributed by atoms with Gasteiger partial charge in [0.05, 0.1) is 13.7 Å². The molecular weight excluding hydrogens is 263 g/mol. The number of carbonyl (C=O) groups is 1. The molecule has 0 bridgehead atoms. The molecule has 2 rings (SSSR count). The summed E-state index contributed by atoms with van der Waals surface area (Å²) in [4.78, 5) is 11.3. The average Bonchev–Trinajstić information content (AvgIpc) is 2.95. The molecule has 0 N–H and O–H groups in total. The van der Waals surface area contributed by atoms with E-state index in [0.29, 0.717) is 11.3 Å². The Morgan fingerprint density at radius 3 is 2.75 bits per heavy atom. The van der Waals surface area contributed by atoms with Crippen LogP contribution in [0.15, 0.2) is 40.8 Å². The van der Waals surface area contributed by atoms with Crippen molar-refractivity contribution >= 4 is 5.97 Å². The number of hydrogen-bond donors (Lipinski definition) is 0. The zero-order valence-electron chi connectivity index (χ0n) is 11.3. The van der Waals surface area contributed by atoms with Crippen LogP contribution in [0.3, 0.4) is 0 Å². The third kappa shape index (κ3) is 3.24. The van der Waals surface area contributed by atoms with Crippen molar-refractivity contribution in [3.63, 3.8) is 0 Å². The molecule has 1 atom stereocenters. The second-order valence-electron chi connectivity index (χ2n) is 4.24. The van der Waals surface area contributed by atoms with Crippen molar-refractivity contribution in [1.82, 2.24) is 0 Å². The lowest BCUT2D eigenvalue weighted by atomic mass is 10.2. The molecule has 20 heavy (non-hydrogen) atoms. The third-order valence-corrected chi connectivity index (χ3v) is 2.86. The van der Waals surface area contributed by atoms with Gasteiger partial charge in [-0.05, 0) is 25.1 Å². The second-order valence-corrected chi connectivity index (χ2v) is 4.24. The fraction of sp³-hybridized carbons (Fsp3) is 0.267. The van der Waals surface area contributed by atoms with Crippen LogP contribution in [-0.4, -0.2) is 13.1 Å². The van der Waals surface area contributed by atoms with Gasteiger partial charge in [-0.15, -0.1) is 0 Å². The van der Waals surface area contributed by atoms with Gasteiger partial charge in [0.1, 0.15) is 17.7 Å². The zero-order chi connectivity index (χ0) is 14.5. The van der Waals surface area contributed by atoms with E-state index in [1.54, 1.807) is 31.2 Å². The minimum atomic E-state index is -0.544. The number of esters is 1. The summed E-state index contributed by atoms with van der Waals surface area (Å²) < 4.78 is 28.8. The third-order valence-electron chi connectivity index (χ3n) is 2.86. The fourth-order valence-electron chi connectivity index (χ4n) is 1.69. The topological polar surface area (TPSA) is 48.7 Å². The van der Waals surface area contributed by atoms with Gasteiger partial charge in [-0.3, -0.25) is 0 Å². The monoisotopic (exact) mass is 278 g/mol. The maximum atomic E-state index is 13.4. The normalized spacial score (nSPS) is 12.2. The molecule has 1 aromatic carbocycles. The molecule has 0 amide bonds. The Bertz CT molecular complexity index is 591. The van der Waals surface area contributed by atoms with Gasteiger partial charge < -0.3 is 13.9 Å². The lowest BCUT2D eigenvalue weighted by Gasteiger charge is -2.11. The molecule has 1 unspecified atom stereocenters. The van der Waals surface area contributed by atoms with E-state index in [0.717, 1.165) is 0 Å². The molecule has 0 saturated carbocycles. The van der Waals surface area contributed by atoms with Gasteiger partial charge in [0, 0.05) is 5.56 Å². The molecule has 0 aliphatic heterocycles.